The second-order valence-electron chi connectivity index (χ2n) is 8.09. The number of carbonyl (C=O) groups is 1. The van der Waals surface area contributed by atoms with Crippen molar-refractivity contribution in [1.82, 2.24) is 0 Å². The molecular weight excluding hydrogens is 430 g/mol. The van der Waals surface area contributed by atoms with Crippen LogP contribution in [0, 0.1) is 13.8 Å². The minimum absolute atomic E-state index is 0.0838. The number of hydrogen-bond donors (Lipinski definition) is 0. The molecule has 0 unspecified atom stereocenters. The Morgan fingerprint density at radius 3 is 2.33 bits per heavy atom. The number of halogens is 1. The van der Waals surface area contributed by atoms with Crippen molar-refractivity contribution < 1.29 is 9.21 Å². The van der Waals surface area contributed by atoms with E-state index < -0.39 is 0 Å². The molecule has 0 N–H and O–H groups in total. The molecule has 1 aliphatic heterocycles. The van der Waals surface area contributed by atoms with E-state index in [0.29, 0.717) is 22.1 Å². The number of amides is 1. The maximum Gasteiger partial charge on any atom is 0.263 e. The van der Waals surface area contributed by atoms with E-state index in [1.54, 1.807) is 11.0 Å². The predicted octanol–water partition coefficient (Wildman–Crippen LogP) is 7.69. The highest BCUT2D eigenvalue weighted by Crippen LogP contribution is 2.37. The molecule has 4 aromatic rings. The Labute approximate surface area is 198 Å². The molecule has 0 bridgehead atoms. The third-order valence-electron chi connectivity index (χ3n) is 5.79. The van der Waals surface area contributed by atoms with E-state index in [0.717, 1.165) is 33.6 Å². The Hall–Kier alpha value is -3.82. The summed E-state index contributed by atoms with van der Waals surface area (Å²) in [5, 5.41) is 0.694. The van der Waals surface area contributed by atoms with Crippen LogP contribution in [0.25, 0.3) is 23.1 Å². The number of benzene rings is 3. The summed E-state index contributed by atoms with van der Waals surface area (Å²) in [6.07, 6.45) is 3.72. The number of aryl methyl sites for hydroxylation is 2. The Morgan fingerprint density at radius 1 is 0.818 bits per heavy atom. The summed E-state index contributed by atoms with van der Waals surface area (Å²) in [6.45, 7) is 3.98. The SMILES string of the molecule is Cc1ccc(-c2ccc(/C=C3\C=C(c4ccccc4)N(c4ccccc4C)C3=O)o2)cc1Cl. The van der Waals surface area contributed by atoms with Gasteiger partial charge >= 0.3 is 0 Å². The maximum atomic E-state index is 13.6. The van der Waals surface area contributed by atoms with Gasteiger partial charge in [-0.3, -0.25) is 9.69 Å². The van der Waals surface area contributed by atoms with Crippen molar-refractivity contribution in [2.24, 2.45) is 0 Å². The lowest BCUT2D eigenvalue weighted by Crippen LogP contribution is -2.25. The van der Waals surface area contributed by atoms with E-state index >= 15 is 0 Å². The Balaban J connectivity index is 1.55. The second kappa shape index (κ2) is 8.61. The van der Waals surface area contributed by atoms with Crippen molar-refractivity contribution in [3.05, 3.63) is 124 Å². The quantitative estimate of drug-likeness (QED) is 0.298. The molecule has 162 valence electrons. The predicted molar refractivity (Wildman–Crippen MR) is 135 cm³/mol. The van der Waals surface area contributed by atoms with Gasteiger partial charge in [0.15, 0.2) is 0 Å². The van der Waals surface area contributed by atoms with Crippen molar-refractivity contribution in [2.45, 2.75) is 13.8 Å². The monoisotopic (exact) mass is 451 g/mol. The minimum atomic E-state index is -0.0838. The second-order valence-corrected chi connectivity index (χ2v) is 8.50. The molecule has 5 rings (SSSR count). The van der Waals surface area contributed by atoms with Crippen LogP contribution < -0.4 is 4.90 Å². The minimum Gasteiger partial charge on any atom is -0.457 e. The molecular formula is C29H22ClNO2. The lowest BCUT2D eigenvalue weighted by atomic mass is 10.1. The van der Waals surface area contributed by atoms with Gasteiger partial charge in [-0.2, -0.15) is 0 Å². The zero-order chi connectivity index (χ0) is 22.9. The van der Waals surface area contributed by atoms with Crippen LogP contribution in [-0.2, 0) is 4.79 Å². The molecule has 3 aromatic carbocycles. The third-order valence-corrected chi connectivity index (χ3v) is 6.20. The highest BCUT2D eigenvalue weighted by atomic mass is 35.5. The van der Waals surface area contributed by atoms with Crippen LogP contribution in [0.1, 0.15) is 22.5 Å². The van der Waals surface area contributed by atoms with Crippen LogP contribution >= 0.6 is 11.6 Å². The Morgan fingerprint density at radius 2 is 1.58 bits per heavy atom. The molecule has 4 heteroatoms. The van der Waals surface area contributed by atoms with E-state index in [1.807, 2.05) is 105 Å². The smallest absolute Gasteiger partial charge is 0.263 e. The molecule has 3 nitrogen and oxygen atoms in total. The molecule has 1 aliphatic rings. The van der Waals surface area contributed by atoms with E-state index in [2.05, 4.69) is 0 Å². The summed E-state index contributed by atoms with van der Waals surface area (Å²) >= 11 is 6.28. The van der Waals surface area contributed by atoms with Crippen molar-refractivity contribution in [3.63, 3.8) is 0 Å². The van der Waals surface area contributed by atoms with Gasteiger partial charge in [0.1, 0.15) is 11.5 Å². The van der Waals surface area contributed by atoms with Gasteiger partial charge in [-0.15, -0.1) is 0 Å². The first-order valence-corrected chi connectivity index (χ1v) is 11.1. The van der Waals surface area contributed by atoms with E-state index in [1.165, 1.54) is 0 Å². The molecule has 0 atom stereocenters. The molecule has 0 saturated carbocycles. The molecule has 0 saturated heterocycles. The summed E-state index contributed by atoms with van der Waals surface area (Å²) < 4.78 is 6.05. The topological polar surface area (TPSA) is 33.5 Å². The number of furan rings is 1. The molecule has 1 aromatic heterocycles. The average Bonchev–Trinajstić information content (AvgIpc) is 3.42. The van der Waals surface area contributed by atoms with E-state index in [4.69, 9.17) is 16.0 Å². The van der Waals surface area contributed by atoms with Crippen LogP contribution in [0.4, 0.5) is 5.69 Å². The summed E-state index contributed by atoms with van der Waals surface area (Å²) in [7, 11) is 0. The number of anilines is 1. The third kappa shape index (κ3) is 4.04. The number of para-hydroxylation sites is 1. The van der Waals surface area contributed by atoms with E-state index in [-0.39, 0.29) is 5.91 Å². The fraction of sp³-hybridized carbons (Fsp3) is 0.0690. The van der Waals surface area contributed by atoms with Crippen molar-refractivity contribution in [3.8, 4) is 11.3 Å². The largest absolute Gasteiger partial charge is 0.457 e. The molecule has 33 heavy (non-hydrogen) atoms. The number of rotatable bonds is 4. The number of nitrogens with zero attached hydrogens (tertiary/aromatic N) is 1. The number of hydrogen-bond acceptors (Lipinski definition) is 2. The normalized spacial score (nSPS) is 14.8. The molecule has 0 aliphatic carbocycles. The van der Waals surface area contributed by atoms with Crippen LogP contribution in [-0.4, -0.2) is 5.91 Å². The highest BCUT2D eigenvalue weighted by molar-refractivity contribution is 6.31. The fourth-order valence-corrected chi connectivity index (χ4v) is 4.16. The summed E-state index contributed by atoms with van der Waals surface area (Å²) in [4.78, 5) is 15.3. The summed E-state index contributed by atoms with van der Waals surface area (Å²) in [5.41, 5.74) is 6.21. The first-order chi connectivity index (χ1) is 16.0. The molecule has 1 amide bonds. The maximum absolute atomic E-state index is 13.6. The van der Waals surface area contributed by atoms with Gasteiger partial charge in [-0.05, 0) is 67.0 Å². The highest BCUT2D eigenvalue weighted by Gasteiger charge is 2.31. The zero-order valence-electron chi connectivity index (χ0n) is 18.4. The van der Waals surface area contributed by atoms with Crippen LogP contribution in [0.15, 0.2) is 101 Å². The van der Waals surface area contributed by atoms with Gasteiger partial charge in [-0.1, -0.05) is 72.3 Å². The van der Waals surface area contributed by atoms with Gasteiger partial charge in [-0.25, -0.2) is 0 Å². The summed E-state index contributed by atoms with van der Waals surface area (Å²) in [6, 6.07) is 27.5. The van der Waals surface area contributed by atoms with E-state index in [9.17, 15) is 4.79 Å². The van der Waals surface area contributed by atoms with Gasteiger partial charge in [0, 0.05) is 16.2 Å². The van der Waals surface area contributed by atoms with Crippen molar-refractivity contribution in [2.75, 3.05) is 4.90 Å². The van der Waals surface area contributed by atoms with Gasteiger partial charge < -0.3 is 4.42 Å². The molecule has 0 radical (unpaired) electrons. The summed E-state index contributed by atoms with van der Waals surface area (Å²) in [5.74, 6) is 1.23. The van der Waals surface area contributed by atoms with Gasteiger partial charge in [0.25, 0.3) is 5.91 Å². The molecule has 0 fully saturated rings. The van der Waals surface area contributed by atoms with Crippen LogP contribution in [0.3, 0.4) is 0 Å². The Bertz CT molecular complexity index is 1410. The standard InChI is InChI=1S/C29H22ClNO2/c1-19-12-13-22(17-25(19)30)28-15-14-24(33-28)16-23-18-27(21-9-4-3-5-10-21)31(29(23)32)26-11-7-6-8-20(26)2/h3-18H,1-2H3/b23-16+. The Kier molecular flexibility index (Phi) is 5.49. The first kappa shape index (κ1) is 21.0. The fourth-order valence-electron chi connectivity index (χ4n) is 3.98. The average molecular weight is 452 g/mol. The number of carbonyl (C=O) groups excluding carboxylic acids is 1. The van der Waals surface area contributed by atoms with Crippen molar-refractivity contribution in [1.29, 1.82) is 0 Å². The van der Waals surface area contributed by atoms with Crippen molar-refractivity contribution >= 4 is 35.0 Å². The van der Waals surface area contributed by atoms with Gasteiger partial charge in [0.05, 0.1) is 11.4 Å². The molecule has 2 heterocycles. The van der Waals surface area contributed by atoms with Gasteiger partial charge in [0.2, 0.25) is 0 Å². The van der Waals surface area contributed by atoms with Crippen LogP contribution in [0.5, 0.6) is 0 Å². The lowest BCUT2D eigenvalue weighted by Gasteiger charge is -2.22. The molecule has 0 spiro atoms. The lowest BCUT2D eigenvalue weighted by molar-refractivity contribution is -0.113. The zero-order valence-corrected chi connectivity index (χ0v) is 19.1. The first-order valence-electron chi connectivity index (χ1n) is 10.8. The van der Waals surface area contributed by atoms with Crippen LogP contribution in [0.2, 0.25) is 5.02 Å².